The number of aliphatic carboxylic acids is 1. The molecule has 0 aromatic heterocycles. The van der Waals surface area contributed by atoms with Crippen molar-refractivity contribution >= 4 is 5.97 Å². The minimum atomic E-state index is -1.15. The molecule has 0 aliphatic heterocycles. The van der Waals surface area contributed by atoms with Crippen LogP contribution in [0.5, 0.6) is 11.5 Å². The third-order valence-corrected chi connectivity index (χ3v) is 3.08. The SMILES string of the molecule is COc1c(C)c(F)c(C)c(CC(N)C(=O)O)c1OC. The minimum absolute atomic E-state index is 0.0299. The second-order valence-electron chi connectivity index (χ2n) is 4.26. The van der Waals surface area contributed by atoms with E-state index in [-0.39, 0.29) is 12.2 Å². The average molecular weight is 271 g/mol. The van der Waals surface area contributed by atoms with Crippen LogP contribution in [0, 0.1) is 19.7 Å². The van der Waals surface area contributed by atoms with Gasteiger partial charge in [0.15, 0.2) is 11.5 Å². The van der Waals surface area contributed by atoms with Crippen LogP contribution in [0.25, 0.3) is 0 Å². The Labute approximate surface area is 111 Å². The fourth-order valence-electron chi connectivity index (χ4n) is 2.01. The maximum absolute atomic E-state index is 14.1. The summed E-state index contributed by atoms with van der Waals surface area (Å²) in [5, 5.41) is 8.86. The predicted octanol–water partition coefficient (Wildman–Crippen LogP) is 1.41. The van der Waals surface area contributed by atoms with Gasteiger partial charge in [-0.2, -0.15) is 0 Å². The maximum Gasteiger partial charge on any atom is 0.320 e. The van der Waals surface area contributed by atoms with E-state index in [1.807, 2.05) is 0 Å². The molecule has 0 radical (unpaired) electrons. The van der Waals surface area contributed by atoms with E-state index in [2.05, 4.69) is 0 Å². The van der Waals surface area contributed by atoms with Gasteiger partial charge in [0.2, 0.25) is 0 Å². The lowest BCUT2D eigenvalue weighted by Crippen LogP contribution is -2.32. The zero-order valence-electron chi connectivity index (χ0n) is 11.4. The highest BCUT2D eigenvalue weighted by molar-refractivity contribution is 5.74. The van der Waals surface area contributed by atoms with Crippen LogP contribution in [-0.2, 0) is 11.2 Å². The molecule has 0 aliphatic carbocycles. The van der Waals surface area contributed by atoms with E-state index in [4.69, 9.17) is 20.3 Å². The molecule has 106 valence electrons. The largest absolute Gasteiger partial charge is 0.493 e. The van der Waals surface area contributed by atoms with Crippen LogP contribution in [0.15, 0.2) is 0 Å². The van der Waals surface area contributed by atoms with Crippen molar-refractivity contribution in [3.8, 4) is 11.5 Å². The monoisotopic (exact) mass is 271 g/mol. The van der Waals surface area contributed by atoms with Crippen LogP contribution in [0.4, 0.5) is 4.39 Å². The quantitative estimate of drug-likeness (QED) is 0.846. The summed E-state index contributed by atoms with van der Waals surface area (Å²) in [6, 6.07) is -1.13. The molecule has 0 amide bonds. The summed E-state index contributed by atoms with van der Waals surface area (Å²) in [6.45, 7) is 3.14. The van der Waals surface area contributed by atoms with Gasteiger partial charge in [-0.3, -0.25) is 4.79 Å². The van der Waals surface area contributed by atoms with Crippen molar-refractivity contribution in [2.24, 2.45) is 5.73 Å². The van der Waals surface area contributed by atoms with Crippen LogP contribution < -0.4 is 15.2 Å². The highest BCUT2D eigenvalue weighted by atomic mass is 19.1. The van der Waals surface area contributed by atoms with E-state index in [0.717, 1.165) is 0 Å². The van der Waals surface area contributed by atoms with Gasteiger partial charge in [-0.25, -0.2) is 4.39 Å². The van der Waals surface area contributed by atoms with Gasteiger partial charge in [0.25, 0.3) is 0 Å². The van der Waals surface area contributed by atoms with Gasteiger partial charge in [0, 0.05) is 17.5 Å². The third kappa shape index (κ3) is 2.78. The van der Waals surface area contributed by atoms with Crippen molar-refractivity contribution in [1.29, 1.82) is 0 Å². The molecule has 19 heavy (non-hydrogen) atoms. The molecular weight excluding hydrogens is 253 g/mol. The molecule has 3 N–H and O–H groups in total. The Morgan fingerprint density at radius 1 is 1.26 bits per heavy atom. The fourth-order valence-corrected chi connectivity index (χ4v) is 2.01. The smallest absolute Gasteiger partial charge is 0.320 e. The second kappa shape index (κ2) is 5.88. The molecule has 0 saturated carbocycles. The zero-order valence-corrected chi connectivity index (χ0v) is 11.4. The summed E-state index contributed by atoms with van der Waals surface area (Å²) in [7, 11) is 2.82. The molecule has 0 spiro atoms. The Kier molecular flexibility index (Phi) is 4.72. The van der Waals surface area contributed by atoms with Crippen molar-refractivity contribution in [3.05, 3.63) is 22.5 Å². The van der Waals surface area contributed by atoms with Crippen molar-refractivity contribution in [2.45, 2.75) is 26.3 Å². The molecule has 0 bridgehead atoms. The molecule has 1 aromatic carbocycles. The van der Waals surface area contributed by atoms with Crippen LogP contribution in [0.1, 0.15) is 16.7 Å². The lowest BCUT2D eigenvalue weighted by atomic mass is 9.96. The standard InChI is InChI=1S/C13H18FNO4/c1-6-8(5-9(15)13(16)17)12(19-4)11(18-3)7(2)10(6)14/h9H,5,15H2,1-4H3,(H,16,17). The van der Waals surface area contributed by atoms with E-state index in [1.165, 1.54) is 14.2 Å². The number of halogens is 1. The van der Waals surface area contributed by atoms with Crippen molar-refractivity contribution in [1.82, 2.24) is 0 Å². The van der Waals surface area contributed by atoms with Gasteiger partial charge < -0.3 is 20.3 Å². The van der Waals surface area contributed by atoms with Gasteiger partial charge in [-0.15, -0.1) is 0 Å². The van der Waals surface area contributed by atoms with Gasteiger partial charge in [0.1, 0.15) is 11.9 Å². The van der Waals surface area contributed by atoms with E-state index in [0.29, 0.717) is 22.4 Å². The van der Waals surface area contributed by atoms with Crippen LogP contribution in [0.2, 0.25) is 0 Å². The summed E-state index contributed by atoms with van der Waals surface area (Å²) < 4.78 is 24.4. The Morgan fingerprint density at radius 2 is 1.79 bits per heavy atom. The maximum atomic E-state index is 14.1. The number of ether oxygens (including phenoxy) is 2. The zero-order chi connectivity index (χ0) is 14.7. The van der Waals surface area contributed by atoms with E-state index in [9.17, 15) is 9.18 Å². The van der Waals surface area contributed by atoms with Crippen molar-refractivity contribution < 1.29 is 23.8 Å². The molecule has 0 heterocycles. The van der Waals surface area contributed by atoms with E-state index >= 15 is 0 Å². The van der Waals surface area contributed by atoms with Gasteiger partial charge in [-0.1, -0.05) is 0 Å². The number of carbonyl (C=O) groups is 1. The Balaban J connectivity index is 3.44. The highest BCUT2D eigenvalue weighted by Gasteiger charge is 2.24. The summed E-state index contributed by atoms with van der Waals surface area (Å²) in [5.74, 6) is -1.000. The summed E-state index contributed by atoms with van der Waals surface area (Å²) >= 11 is 0. The first-order valence-electron chi connectivity index (χ1n) is 5.73. The molecule has 1 aromatic rings. The average Bonchev–Trinajstić information content (AvgIpc) is 2.38. The third-order valence-electron chi connectivity index (χ3n) is 3.08. The first kappa shape index (κ1) is 15.2. The number of hydrogen-bond donors (Lipinski definition) is 2. The fraction of sp³-hybridized carbons (Fsp3) is 0.462. The van der Waals surface area contributed by atoms with Gasteiger partial charge in [-0.05, 0) is 19.4 Å². The van der Waals surface area contributed by atoms with Crippen LogP contribution >= 0.6 is 0 Å². The molecule has 1 atom stereocenters. The number of nitrogens with two attached hydrogens (primary N) is 1. The van der Waals surface area contributed by atoms with Crippen molar-refractivity contribution in [2.75, 3.05) is 14.2 Å². The molecule has 0 saturated heterocycles. The Bertz CT molecular complexity index is 502. The Hall–Kier alpha value is -1.82. The minimum Gasteiger partial charge on any atom is -0.493 e. The molecule has 0 aliphatic rings. The Morgan fingerprint density at radius 3 is 2.21 bits per heavy atom. The number of benzene rings is 1. The number of carboxylic acid groups (broad SMARTS) is 1. The van der Waals surface area contributed by atoms with Crippen LogP contribution in [0.3, 0.4) is 0 Å². The predicted molar refractivity (Wildman–Crippen MR) is 68.3 cm³/mol. The second-order valence-corrected chi connectivity index (χ2v) is 4.26. The normalized spacial score (nSPS) is 12.1. The highest BCUT2D eigenvalue weighted by Crippen LogP contribution is 2.39. The van der Waals surface area contributed by atoms with Crippen molar-refractivity contribution in [3.63, 3.8) is 0 Å². The molecular formula is C13H18FNO4. The first-order chi connectivity index (χ1) is 8.84. The molecule has 1 unspecified atom stereocenters. The number of hydrogen-bond acceptors (Lipinski definition) is 4. The van der Waals surface area contributed by atoms with E-state index in [1.54, 1.807) is 13.8 Å². The summed E-state index contributed by atoms with van der Waals surface area (Å²) in [6.07, 6.45) is -0.0299. The number of rotatable bonds is 5. The summed E-state index contributed by atoms with van der Waals surface area (Å²) in [4.78, 5) is 10.8. The number of methoxy groups -OCH3 is 2. The lowest BCUT2D eigenvalue weighted by Gasteiger charge is -2.19. The van der Waals surface area contributed by atoms with Gasteiger partial charge in [0.05, 0.1) is 14.2 Å². The molecule has 1 rings (SSSR count). The molecule has 6 heteroatoms. The first-order valence-corrected chi connectivity index (χ1v) is 5.73. The lowest BCUT2D eigenvalue weighted by molar-refractivity contribution is -0.138. The van der Waals surface area contributed by atoms with Crippen LogP contribution in [-0.4, -0.2) is 31.3 Å². The topological polar surface area (TPSA) is 81.8 Å². The van der Waals surface area contributed by atoms with Gasteiger partial charge >= 0.3 is 5.97 Å². The summed E-state index contributed by atoms with van der Waals surface area (Å²) in [5.41, 5.74) is 6.57. The number of carboxylic acids is 1. The van der Waals surface area contributed by atoms with E-state index < -0.39 is 17.8 Å². The molecule has 5 nitrogen and oxygen atoms in total. The molecule has 0 fully saturated rings.